The zero-order valence-corrected chi connectivity index (χ0v) is 9.44. The lowest BCUT2D eigenvalue weighted by atomic mass is 9.85. The number of aromatic nitrogens is 1. The van der Waals surface area contributed by atoms with Crippen LogP contribution in [0.5, 0.6) is 0 Å². The molecule has 1 heterocycles. The summed E-state index contributed by atoms with van der Waals surface area (Å²) in [6.45, 7) is 5.10. The third-order valence-corrected chi connectivity index (χ3v) is 2.75. The maximum Gasteiger partial charge on any atom is 0.313 e. The molecular formula is C12H13NO3. The van der Waals surface area contributed by atoms with Gasteiger partial charge in [0.25, 0.3) is 0 Å². The highest BCUT2D eigenvalue weighted by Gasteiger charge is 2.29. The Hall–Kier alpha value is -1.84. The molecule has 0 bridgehead atoms. The Kier molecular flexibility index (Phi) is 2.22. The van der Waals surface area contributed by atoms with Crippen LogP contribution in [0.3, 0.4) is 0 Å². The molecule has 0 aliphatic rings. The van der Waals surface area contributed by atoms with E-state index in [1.807, 2.05) is 0 Å². The van der Waals surface area contributed by atoms with Crippen LogP contribution in [0.2, 0.25) is 0 Å². The van der Waals surface area contributed by atoms with Gasteiger partial charge in [-0.1, -0.05) is 6.07 Å². The van der Waals surface area contributed by atoms with Crippen LogP contribution in [-0.2, 0) is 10.2 Å². The molecule has 4 nitrogen and oxygen atoms in total. The topological polar surface area (TPSA) is 63.3 Å². The molecular weight excluding hydrogens is 206 g/mol. The number of aryl methyl sites for hydroxylation is 1. The predicted molar refractivity (Wildman–Crippen MR) is 59.4 cm³/mol. The molecule has 0 saturated heterocycles. The fourth-order valence-electron chi connectivity index (χ4n) is 1.55. The van der Waals surface area contributed by atoms with Crippen molar-refractivity contribution in [2.24, 2.45) is 0 Å². The van der Waals surface area contributed by atoms with E-state index >= 15 is 0 Å². The molecule has 0 aliphatic heterocycles. The zero-order chi connectivity index (χ0) is 11.9. The Morgan fingerprint density at radius 1 is 1.44 bits per heavy atom. The van der Waals surface area contributed by atoms with Gasteiger partial charge < -0.3 is 9.52 Å². The van der Waals surface area contributed by atoms with Crippen molar-refractivity contribution in [3.05, 3.63) is 29.7 Å². The average molecular weight is 219 g/mol. The molecule has 0 atom stereocenters. The monoisotopic (exact) mass is 219 g/mol. The number of carboxylic acid groups (broad SMARTS) is 1. The van der Waals surface area contributed by atoms with Crippen molar-refractivity contribution in [2.45, 2.75) is 26.2 Å². The molecule has 2 rings (SSSR count). The second kappa shape index (κ2) is 3.33. The fourth-order valence-corrected chi connectivity index (χ4v) is 1.55. The summed E-state index contributed by atoms with van der Waals surface area (Å²) in [6.07, 6.45) is 0. The Labute approximate surface area is 92.9 Å². The quantitative estimate of drug-likeness (QED) is 0.842. The summed E-state index contributed by atoms with van der Waals surface area (Å²) in [5.41, 5.74) is 1.17. The minimum Gasteiger partial charge on any atom is -0.481 e. The first-order valence-electron chi connectivity index (χ1n) is 5.02. The number of hydrogen-bond donors (Lipinski definition) is 1. The summed E-state index contributed by atoms with van der Waals surface area (Å²) in [4.78, 5) is 15.3. The molecule has 0 fully saturated rings. The fraction of sp³-hybridized carbons (Fsp3) is 0.333. The molecule has 0 aliphatic carbocycles. The molecule has 0 saturated carbocycles. The molecule has 4 heteroatoms. The normalized spacial score (nSPS) is 11.9. The lowest BCUT2D eigenvalue weighted by Crippen LogP contribution is -2.28. The number of nitrogens with zero attached hydrogens (tertiary/aromatic N) is 1. The largest absolute Gasteiger partial charge is 0.481 e. The standard InChI is InChI=1S/C12H13NO3/c1-7-13-9-5-4-8(6-10(9)16-7)12(2,3)11(14)15/h4-6H,1-3H3,(H,14,15). The highest BCUT2D eigenvalue weighted by atomic mass is 16.4. The van der Waals surface area contributed by atoms with E-state index in [9.17, 15) is 4.79 Å². The van der Waals surface area contributed by atoms with Gasteiger partial charge in [0.05, 0.1) is 5.41 Å². The van der Waals surface area contributed by atoms with Crippen LogP contribution >= 0.6 is 0 Å². The van der Waals surface area contributed by atoms with Crippen molar-refractivity contribution in [3.8, 4) is 0 Å². The van der Waals surface area contributed by atoms with Crippen molar-refractivity contribution >= 4 is 17.1 Å². The lowest BCUT2D eigenvalue weighted by molar-refractivity contribution is -0.142. The first-order chi connectivity index (χ1) is 7.41. The van der Waals surface area contributed by atoms with Gasteiger partial charge in [0.2, 0.25) is 0 Å². The minimum atomic E-state index is -0.922. The SMILES string of the molecule is Cc1nc2ccc(C(C)(C)C(=O)O)cc2o1. The van der Waals surface area contributed by atoms with Crippen LogP contribution in [0.4, 0.5) is 0 Å². The number of rotatable bonds is 2. The Morgan fingerprint density at radius 2 is 2.12 bits per heavy atom. The number of benzene rings is 1. The summed E-state index contributed by atoms with van der Waals surface area (Å²) >= 11 is 0. The first kappa shape index (κ1) is 10.7. The summed E-state index contributed by atoms with van der Waals surface area (Å²) in [5, 5.41) is 9.13. The van der Waals surface area contributed by atoms with E-state index in [0.29, 0.717) is 17.0 Å². The van der Waals surface area contributed by atoms with Gasteiger partial charge in [0.15, 0.2) is 11.5 Å². The smallest absolute Gasteiger partial charge is 0.313 e. The van der Waals surface area contributed by atoms with Crippen molar-refractivity contribution in [2.75, 3.05) is 0 Å². The van der Waals surface area contributed by atoms with E-state index in [-0.39, 0.29) is 0 Å². The van der Waals surface area contributed by atoms with E-state index in [4.69, 9.17) is 9.52 Å². The first-order valence-corrected chi connectivity index (χ1v) is 5.02. The third-order valence-electron chi connectivity index (χ3n) is 2.75. The highest BCUT2D eigenvalue weighted by molar-refractivity contribution is 5.83. The van der Waals surface area contributed by atoms with E-state index in [0.717, 1.165) is 5.52 Å². The van der Waals surface area contributed by atoms with Gasteiger partial charge in [-0.05, 0) is 31.5 Å². The van der Waals surface area contributed by atoms with Crippen molar-refractivity contribution < 1.29 is 14.3 Å². The summed E-state index contributed by atoms with van der Waals surface area (Å²) in [6, 6.07) is 5.30. The number of oxazole rings is 1. The second-order valence-electron chi connectivity index (χ2n) is 4.35. The zero-order valence-electron chi connectivity index (χ0n) is 9.44. The molecule has 0 spiro atoms. The number of fused-ring (bicyclic) bond motifs is 1. The summed E-state index contributed by atoms with van der Waals surface area (Å²) < 4.78 is 5.38. The number of carbonyl (C=O) groups is 1. The van der Waals surface area contributed by atoms with Crippen LogP contribution in [0.1, 0.15) is 25.3 Å². The van der Waals surface area contributed by atoms with Crippen molar-refractivity contribution in [3.63, 3.8) is 0 Å². The van der Waals surface area contributed by atoms with Gasteiger partial charge in [-0.25, -0.2) is 4.98 Å². The molecule has 16 heavy (non-hydrogen) atoms. The third kappa shape index (κ3) is 1.56. The molecule has 84 valence electrons. The molecule has 0 radical (unpaired) electrons. The van der Waals surface area contributed by atoms with Crippen LogP contribution < -0.4 is 0 Å². The molecule has 1 aromatic heterocycles. The molecule has 1 N–H and O–H groups in total. The molecule has 1 aromatic carbocycles. The van der Waals surface area contributed by atoms with E-state index in [2.05, 4.69) is 4.98 Å². The van der Waals surface area contributed by atoms with Crippen LogP contribution in [0.15, 0.2) is 22.6 Å². The number of hydrogen-bond acceptors (Lipinski definition) is 3. The van der Waals surface area contributed by atoms with Gasteiger partial charge in [-0.15, -0.1) is 0 Å². The maximum absolute atomic E-state index is 11.1. The Bertz CT molecular complexity index is 554. The van der Waals surface area contributed by atoms with Gasteiger partial charge in [-0.3, -0.25) is 4.79 Å². The van der Waals surface area contributed by atoms with Gasteiger partial charge in [0.1, 0.15) is 5.52 Å². The van der Waals surface area contributed by atoms with Gasteiger partial charge >= 0.3 is 5.97 Å². The lowest BCUT2D eigenvalue weighted by Gasteiger charge is -2.19. The number of carboxylic acids is 1. The van der Waals surface area contributed by atoms with Crippen LogP contribution in [0.25, 0.3) is 11.1 Å². The van der Waals surface area contributed by atoms with E-state index < -0.39 is 11.4 Å². The Balaban J connectivity index is 2.58. The minimum absolute atomic E-state index is 0.584. The van der Waals surface area contributed by atoms with Gasteiger partial charge in [-0.2, -0.15) is 0 Å². The van der Waals surface area contributed by atoms with Crippen LogP contribution in [0, 0.1) is 6.92 Å². The summed E-state index contributed by atoms with van der Waals surface area (Å²) in [5.74, 6) is -0.275. The molecule has 0 unspecified atom stereocenters. The second-order valence-corrected chi connectivity index (χ2v) is 4.35. The Morgan fingerprint density at radius 3 is 2.75 bits per heavy atom. The van der Waals surface area contributed by atoms with Gasteiger partial charge in [0, 0.05) is 6.92 Å². The highest BCUT2D eigenvalue weighted by Crippen LogP contribution is 2.27. The predicted octanol–water partition coefficient (Wildman–Crippen LogP) is 2.50. The van der Waals surface area contributed by atoms with E-state index in [1.54, 1.807) is 39.0 Å². The van der Waals surface area contributed by atoms with Crippen LogP contribution in [-0.4, -0.2) is 16.1 Å². The summed E-state index contributed by atoms with van der Waals surface area (Å²) in [7, 11) is 0. The van der Waals surface area contributed by atoms with Crippen molar-refractivity contribution in [1.82, 2.24) is 4.98 Å². The van der Waals surface area contributed by atoms with Crippen molar-refractivity contribution in [1.29, 1.82) is 0 Å². The molecule has 0 amide bonds. The number of aliphatic carboxylic acids is 1. The average Bonchev–Trinajstić information content (AvgIpc) is 2.56. The van der Waals surface area contributed by atoms with E-state index in [1.165, 1.54) is 0 Å². The molecule has 2 aromatic rings. The maximum atomic E-state index is 11.1.